The van der Waals surface area contributed by atoms with Gasteiger partial charge in [0.15, 0.2) is 0 Å². The highest BCUT2D eigenvalue weighted by atomic mass is 35.5. The minimum absolute atomic E-state index is 0.0759. The lowest BCUT2D eigenvalue weighted by Gasteiger charge is -2.40. The number of anilines is 1. The van der Waals surface area contributed by atoms with Gasteiger partial charge >= 0.3 is 12.2 Å². The fraction of sp³-hybridized carbons (Fsp3) is 0.400. The highest BCUT2D eigenvalue weighted by Crippen LogP contribution is 2.32. The molecule has 0 aliphatic carbocycles. The summed E-state index contributed by atoms with van der Waals surface area (Å²) in [5.74, 6) is -0.318. The Bertz CT molecular complexity index is 1010. The van der Waals surface area contributed by atoms with Gasteiger partial charge in [0, 0.05) is 30.3 Å². The number of hydrogen-bond acceptors (Lipinski definition) is 5. The van der Waals surface area contributed by atoms with Crippen LogP contribution in [0.1, 0.15) is 30.9 Å². The number of rotatable bonds is 7. The van der Waals surface area contributed by atoms with Crippen molar-refractivity contribution in [2.75, 3.05) is 32.1 Å². The predicted octanol–water partition coefficient (Wildman–Crippen LogP) is 4.62. The summed E-state index contributed by atoms with van der Waals surface area (Å²) in [6.07, 6.45) is 0.722. The van der Waals surface area contributed by atoms with Crippen LogP contribution < -0.4 is 10.6 Å². The number of ether oxygens (including phenoxy) is 2. The molecule has 3 rings (SSSR count). The van der Waals surface area contributed by atoms with Crippen LogP contribution in [0.3, 0.4) is 0 Å². The molecular weight excluding hydrogens is 458 g/mol. The Balaban J connectivity index is 1.70. The standard InChI is InChI=1S/C25H30ClN3O5/c1-3-18-9-11-20(12-10-18)28-23(31)34-17-25(13-6-14-29(16-25)24(32)33-2)22(30)27-15-19-7-4-5-8-21(19)26/h4-5,7-12H,3,6,13-17H2,1-2H3,(H,27,30)(H,28,31). The normalized spacial score (nSPS) is 17.6. The number of carbonyl (C=O) groups is 3. The van der Waals surface area contributed by atoms with Gasteiger partial charge in [-0.1, -0.05) is 48.9 Å². The zero-order valence-corrected chi connectivity index (χ0v) is 20.2. The molecule has 0 spiro atoms. The molecule has 0 saturated carbocycles. The summed E-state index contributed by atoms with van der Waals surface area (Å²) in [7, 11) is 1.30. The quantitative estimate of drug-likeness (QED) is 0.594. The first-order valence-corrected chi connectivity index (χ1v) is 11.6. The van der Waals surface area contributed by atoms with E-state index in [1.165, 1.54) is 12.0 Å². The number of methoxy groups -OCH3 is 1. The van der Waals surface area contributed by atoms with E-state index in [1.54, 1.807) is 18.2 Å². The number of nitrogens with zero attached hydrogens (tertiary/aromatic N) is 1. The number of halogens is 1. The second-order valence-electron chi connectivity index (χ2n) is 8.30. The molecule has 9 heteroatoms. The van der Waals surface area contributed by atoms with Crippen molar-refractivity contribution in [3.8, 4) is 0 Å². The smallest absolute Gasteiger partial charge is 0.411 e. The predicted molar refractivity (Wildman–Crippen MR) is 130 cm³/mol. The van der Waals surface area contributed by atoms with Crippen molar-refractivity contribution in [3.63, 3.8) is 0 Å². The van der Waals surface area contributed by atoms with Crippen LogP contribution in [-0.4, -0.2) is 49.8 Å². The van der Waals surface area contributed by atoms with Gasteiger partial charge in [-0.05, 0) is 48.6 Å². The Morgan fingerprint density at radius 3 is 2.53 bits per heavy atom. The van der Waals surface area contributed by atoms with Crippen molar-refractivity contribution in [2.24, 2.45) is 5.41 Å². The van der Waals surface area contributed by atoms with Crippen LogP contribution in [-0.2, 0) is 27.2 Å². The Labute approximate surface area is 204 Å². The minimum atomic E-state index is -1.11. The maximum absolute atomic E-state index is 13.4. The first kappa shape index (κ1) is 25.4. The molecule has 3 amide bonds. The van der Waals surface area contributed by atoms with Crippen molar-refractivity contribution in [2.45, 2.75) is 32.7 Å². The lowest BCUT2D eigenvalue weighted by molar-refractivity contribution is -0.137. The zero-order chi connectivity index (χ0) is 24.6. The molecule has 2 aromatic rings. The molecule has 1 heterocycles. The van der Waals surface area contributed by atoms with Gasteiger partial charge in [-0.2, -0.15) is 0 Å². The molecule has 182 valence electrons. The second-order valence-corrected chi connectivity index (χ2v) is 8.71. The van der Waals surface area contributed by atoms with Crippen LogP contribution in [0.25, 0.3) is 0 Å². The van der Waals surface area contributed by atoms with E-state index in [9.17, 15) is 14.4 Å². The van der Waals surface area contributed by atoms with Gasteiger partial charge in [0.25, 0.3) is 0 Å². The van der Waals surface area contributed by atoms with Gasteiger partial charge in [-0.15, -0.1) is 0 Å². The van der Waals surface area contributed by atoms with E-state index in [-0.39, 0.29) is 25.6 Å². The molecule has 1 saturated heterocycles. The fourth-order valence-electron chi connectivity index (χ4n) is 3.97. The number of nitrogens with one attached hydrogen (secondary N) is 2. The molecule has 2 N–H and O–H groups in total. The zero-order valence-electron chi connectivity index (χ0n) is 19.4. The molecule has 1 unspecified atom stereocenters. The topological polar surface area (TPSA) is 97.0 Å². The van der Waals surface area contributed by atoms with Crippen molar-refractivity contribution < 1.29 is 23.9 Å². The third-order valence-corrected chi connectivity index (χ3v) is 6.35. The third kappa shape index (κ3) is 6.41. The summed E-state index contributed by atoms with van der Waals surface area (Å²) in [5, 5.41) is 6.13. The van der Waals surface area contributed by atoms with Gasteiger partial charge in [0.05, 0.1) is 7.11 Å². The molecule has 0 bridgehead atoms. The molecule has 1 atom stereocenters. The third-order valence-electron chi connectivity index (χ3n) is 5.98. The maximum atomic E-state index is 13.4. The van der Waals surface area contributed by atoms with E-state index in [0.29, 0.717) is 30.1 Å². The lowest BCUT2D eigenvalue weighted by atomic mass is 9.79. The van der Waals surface area contributed by atoms with E-state index in [0.717, 1.165) is 17.5 Å². The Hall–Kier alpha value is -3.26. The molecule has 1 fully saturated rings. The van der Waals surface area contributed by atoms with Crippen LogP contribution in [0, 0.1) is 5.41 Å². The number of likely N-dealkylation sites (tertiary alicyclic amines) is 1. The van der Waals surface area contributed by atoms with Crippen LogP contribution in [0.5, 0.6) is 0 Å². The number of carbonyl (C=O) groups excluding carboxylic acids is 3. The number of piperidine rings is 1. The van der Waals surface area contributed by atoms with Crippen LogP contribution in [0.4, 0.5) is 15.3 Å². The van der Waals surface area contributed by atoms with Crippen LogP contribution in [0.15, 0.2) is 48.5 Å². The molecule has 0 aromatic heterocycles. The summed E-state index contributed by atoms with van der Waals surface area (Å²) in [4.78, 5) is 39.5. The Kier molecular flexibility index (Phi) is 8.76. The van der Waals surface area contributed by atoms with Gasteiger partial charge in [-0.3, -0.25) is 10.1 Å². The SMILES string of the molecule is CCc1ccc(NC(=O)OCC2(C(=O)NCc3ccccc3Cl)CCCN(C(=O)OC)C2)cc1. The molecule has 0 radical (unpaired) electrons. The highest BCUT2D eigenvalue weighted by molar-refractivity contribution is 6.31. The van der Waals surface area contributed by atoms with Crippen molar-refractivity contribution in [1.29, 1.82) is 0 Å². The van der Waals surface area contributed by atoms with E-state index >= 15 is 0 Å². The van der Waals surface area contributed by atoms with Crippen LogP contribution in [0.2, 0.25) is 5.02 Å². The molecular formula is C25H30ClN3O5. The molecule has 8 nitrogen and oxygen atoms in total. The van der Waals surface area contributed by atoms with E-state index in [4.69, 9.17) is 21.1 Å². The van der Waals surface area contributed by atoms with E-state index < -0.39 is 17.6 Å². The minimum Gasteiger partial charge on any atom is -0.453 e. The number of hydrogen-bond donors (Lipinski definition) is 2. The second kappa shape index (κ2) is 11.7. The summed E-state index contributed by atoms with van der Waals surface area (Å²) < 4.78 is 10.3. The average Bonchev–Trinajstić information content (AvgIpc) is 2.87. The van der Waals surface area contributed by atoms with E-state index in [2.05, 4.69) is 17.6 Å². The molecule has 34 heavy (non-hydrogen) atoms. The van der Waals surface area contributed by atoms with Gasteiger partial charge in [0.2, 0.25) is 5.91 Å². The van der Waals surface area contributed by atoms with Crippen molar-refractivity contribution in [3.05, 3.63) is 64.7 Å². The maximum Gasteiger partial charge on any atom is 0.411 e. The van der Waals surface area contributed by atoms with Gasteiger partial charge in [0.1, 0.15) is 12.0 Å². The summed E-state index contributed by atoms with van der Waals surface area (Å²) in [6, 6.07) is 14.7. The summed E-state index contributed by atoms with van der Waals surface area (Å²) in [6.45, 7) is 2.62. The first-order chi connectivity index (χ1) is 16.4. The Morgan fingerprint density at radius 1 is 1.12 bits per heavy atom. The van der Waals surface area contributed by atoms with Crippen molar-refractivity contribution in [1.82, 2.24) is 10.2 Å². The molecule has 2 aromatic carbocycles. The average molecular weight is 488 g/mol. The van der Waals surface area contributed by atoms with E-state index in [1.807, 2.05) is 30.3 Å². The van der Waals surface area contributed by atoms with Gasteiger partial charge < -0.3 is 19.7 Å². The molecule has 1 aliphatic rings. The van der Waals surface area contributed by atoms with Crippen LogP contribution >= 0.6 is 11.6 Å². The lowest BCUT2D eigenvalue weighted by Crippen LogP contribution is -2.55. The molecule has 1 aliphatic heterocycles. The monoisotopic (exact) mass is 487 g/mol. The van der Waals surface area contributed by atoms with Gasteiger partial charge in [-0.25, -0.2) is 9.59 Å². The number of aryl methyl sites for hydroxylation is 1. The summed E-state index contributed by atoms with van der Waals surface area (Å²) >= 11 is 6.21. The first-order valence-electron chi connectivity index (χ1n) is 11.2. The fourth-order valence-corrected chi connectivity index (χ4v) is 4.17. The Morgan fingerprint density at radius 2 is 1.85 bits per heavy atom. The largest absolute Gasteiger partial charge is 0.453 e. The number of benzene rings is 2. The van der Waals surface area contributed by atoms with Crippen molar-refractivity contribution >= 4 is 35.4 Å². The number of amides is 3. The summed E-state index contributed by atoms with van der Waals surface area (Å²) in [5.41, 5.74) is 1.40. The highest BCUT2D eigenvalue weighted by Gasteiger charge is 2.45.